The van der Waals surface area contributed by atoms with Gasteiger partial charge in [0.2, 0.25) is 5.91 Å². The number of aliphatic hydroxyl groups excluding tert-OH is 1. The molecule has 7 heteroatoms. The third-order valence-electron chi connectivity index (χ3n) is 5.30. The largest absolute Gasteiger partial charge is 0.387 e. The van der Waals surface area contributed by atoms with E-state index in [-0.39, 0.29) is 17.9 Å². The van der Waals surface area contributed by atoms with Crippen molar-refractivity contribution in [2.24, 2.45) is 0 Å². The van der Waals surface area contributed by atoms with Crippen LogP contribution in [0.1, 0.15) is 37.3 Å². The van der Waals surface area contributed by atoms with Crippen molar-refractivity contribution < 1.29 is 9.90 Å². The Bertz CT molecular complexity index is 1070. The van der Waals surface area contributed by atoms with Crippen molar-refractivity contribution in [3.8, 4) is 0 Å². The van der Waals surface area contributed by atoms with Gasteiger partial charge in [0.05, 0.1) is 29.6 Å². The molecule has 1 amide bonds. The van der Waals surface area contributed by atoms with Crippen molar-refractivity contribution in [3.63, 3.8) is 0 Å². The topological polar surface area (TPSA) is 80.4 Å². The molecule has 0 saturated carbocycles. The van der Waals surface area contributed by atoms with Crippen molar-refractivity contribution in [3.05, 3.63) is 64.2 Å². The van der Waals surface area contributed by atoms with Gasteiger partial charge in [-0.3, -0.25) is 14.3 Å². The molecule has 0 bridgehead atoms. The number of amides is 1. The molecule has 1 aromatic carbocycles. The molecule has 0 aliphatic carbocycles. The van der Waals surface area contributed by atoms with Crippen LogP contribution in [-0.4, -0.2) is 36.8 Å². The first kappa shape index (κ1) is 18.4. The summed E-state index contributed by atoms with van der Waals surface area (Å²) in [6.45, 7) is 3.96. The number of rotatable bonds is 4. The van der Waals surface area contributed by atoms with E-state index < -0.39 is 6.10 Å². The molecule has 1 aliphatic rings. The number of hydrogen-bond acceptors (Lipinski definition) is 4. The number of hydrogen-bond donors (Lipinski definition) is 1. The molecule has 0 radical (unpaired) electrons. The molecule has 1 aliphatic heterocycles. The Balaban J connectivity index is 1.57. The Hall–Kier alpha value is -2.93. The summed E-state index contributed by atoms with van der Waals surface area (Å²) in [7, 11) is 0. The average Bonchev–Trinajstić information content (AvgIpc) is 3.01. The summed E-state index contributed by atoms with van der Waals surface area (Å²) in [6, 6.07) is 10.7. The number of fused-ring (bicyclic) bond motifs is 2. The average molecular weight is 380 g/mol. The first-order valence-corrected chi connectivity index (χ1v) is 9.67. The summed E-state index contributed by atoms with van der Waals surface area (Å²) in [5.41, 5.74) is 2.33. The number of pyridine rings is 1. The highest BCUT2D eigenvalue weighted by Gasteiger charge is 2.22. The second kappa shape index (κ2) is 7.59. The number of nitrogens with zero attached hydrogens (tertiary/aromatic N) is 4. The van der Waals surface area contributed by atoms with Crippen molar-refractivity contribution in [2.75, 3.05) is 6.54 Å². The van der Waals surface area contributed by atoms with E-state index in [0.29, 0.717) is 30.6 Å². The van der Waals surface area contributed by atoms with E-state index in [4.69, 9.17) is 0 Å². The van der Waals surface area contributed by atoms with Gasteiger partial charge in [-0.05, 0) is 31.0 Å². The molecule has 3 heterocycles. The lowest BCUT2D eigenvalue weighted by Crippen LogP contribution is -2.33. The summed E-state index contributed by atoms with van der Waals surface area (Å²) in [5.74, 6) is 0.000965. The van der Waals surface area contributed by atoms with Gasteiger partial charge in [-0.15, -0.1) is 0 Å². The SMILES string of the molecule is CC[C@H](O)c1cc2n(n1)CCCN(C(=O)Cn1ccc(=O)c3ccccc31)C2. The number of aromatic nitrogens is 3. The van der Waals surface area contributed by atoms with E-state index in [1.807, 2.05) is 45.3 Å². The van der Waals surface area contributed by atoms with Crippen LogP contribution in [0.15, 0.2) is 47.4 Å². The van der Waals surface area contributed by atoms with Crippen LogP contribution in [0.4, 0.5) is 0 Å². The number of aryl methyl sites for hydroxylation is 1. The molecular weight excluding hydrogens is 356 g/mol. The van der Waals surface area contributed by atoms with Gasteiger partial charge in [0.25, 0.3) is 0 Å². The van der Waals surface area contributed by atoms with Crippen molar-refractivity contribution >= 4 is 16.8 Å². The summed E-state index contributed by atoms with van der Waals surface area (Å²) in [5, 5.41) is 15.2. The minimum absolute atomic E-state index is 0.000965. The molecule has 7 nitrogen and oxygen atoms in total. The predicted octanol–water partition coefficient (Wildman–Crippen LogP) is 2.07. The van der Waals surface area contributed by atoms with Crippen molar-refractivity contribution in [1.82, 2.24) is 19.2 Å². The van der Waals surface area contributed by atoms with E-state index in [9.17, 15) is 14.7 Å². The van der Waals surface area contributed by atoms with Crippen LogP contribution < -0.4 is 5.43 Å². The lowest BCUT2D eigenvalue weighted by atomic mass is 10.2. The fourth-order valence-electron chi connectivity index (χ4n) is 3.71. The lowest BCUT2D eigenvalue weighted by Gasteiger charge is -2.21. The van der Waals surface area contributed by atoms with Crippen LogP contribution in [0, 0.1) is 0 Å². The van der Waals surface area contributed by atoms with Crippen LogP contribution >= 0.6 is 0 Å². The zero-order chi connectivity index (χ0) is 19.7. The summed E-state index contributed by atoms with van der Waals surface area (Å²) < 4.78 is 3.73. The lowest BCUT2D eigenvalue weighted by molar-refractivity contribution is -0.132. The Morgan fingerprint density at radius 1 is 1.25 bits per heavy atom. The van der Waals surface area contributed by atoms with Gasteiger partial charge in [0, 0.05) is 30.7 Å². The Morgan fingerprint density at radius 2 is 2.07 bits per heavy atom. The highest BCUT2D eigenvalue weighted by atomic mass is 16.3. The highest BCUT2D eigenvalue weighted by Crippen LogP contribution is 2.20. The van der Waals surface area contributed by atoms with E-state index in [1.165, 1.54) is 6.07 Å². The minimum Gasteiger partial charge on any atom is -0.387 e. The second-order valence-electron chi connectivity index (χ2n) is 7.20. The summed E-state index contributed by atoms with van der Waals surface area (Å²) in [4.78, 5) is 26.9. The number of para-hydroxylation sites is 1. The smallest absolute Gasteiger partial charge is 0.242 e. The van der Waals surface area contributed by atoms with Crippen molar-refractivity contribution in [1.29, 1.82) is 0 Å². The standard InChI is InChI=1S/C21H24N4O3/c1-2-19(26)17-12-15-13-24(9-5-10-25(15)22-17)21(28)14-23-11-8-20(27)16-6-3-4-7-18(16)23/h3-4,6-8,11-12,19,26H,2,5,9-10,13-14H2,1H3/t19-/m0/s1. The van der Waals surface area contributed by atoms with E-state index in [2.05, 4.69) is 5.10 Å². The first-order chi connectivity index (χ1) is 13.6. The molecule has 1 atom stereocenters. The molecule has 3 aromatic rings. The van der Waals surface area contributed by atoms with E-state index >= 15 is 0 Å². The maximum Gasteiger partial charge on any atom is 0.242 e. The number of aliphatic hydroxyl groups is 1. The first-order valence-electron chi connectivity index (χ1n) is 9.67. The molecule has 0 fully saturated rings. The number of carbonyl (C=O) groups excluding carboxylic acids is 1. The van der Waals surface area contributed by atoms with Crippen LogP contribution in [-0.2, 0) is 24.4 Å². The third-order valence-corrected chi connectivity index (χ3v) is 5.30. The second-order valence-corrected chi connectivity index (χ2v) is 7.20. The minimum atomic E-state index is -0.573. The van der Waals surface area contributed by atoms with Crippen LogP contribution in [0.25, 0.3) is 10.9 Å². The molecule has 4 rings (SSSR count). The summed E-state index contributed by atoms with van der Waals surface area (Å²) >= 11 is 0. The van der Waals surface area contributed by atoms with Crippen LogP contribution in [0.3, 0.4) is 0 Å². The fraction of sp³-hybridized carbons (Fsp3) is 0.381. The zero-order valence-electron chi connectivity index (χ0n) is 15.9. The molecular formula is C21H24N4O3. The quantitative estimate of drug-likeness (QED) is 0.751. The number of benzene rings is 1. The molecule has 0 spiro atoms. The maximum absolute atomic E-state index is 13.0. The Kier molecular flexibility index (Phi) is 5.00. The van der Waals surface area contributed by atoms with E-state index in [1.54, 1.807) is 12.3 Å². The van der Waals surface area contributed by atoms with Crippen LogP contribution in [0.2, 0.25) is 0 Å². The van der Waals surface area contributed by atoms with Gasteiger partial charge >= 0.3 is 0 Å². The molecule has 28 heavy (non-hydrogen) atoms. The summed E-state index contributed by atoms with van der Waals surface area (Å²) in [6.07, 6.45) is 2.53. The third kappa shape index (κ3) is 3.45. The monoisotopic (exact) mass is 380 g/mol. The van der Waals surface area contributed by atoms with Gasteiger partial charge < -0.3 is 14.6 Å². The molecule has 0 saturated heterocycles. The zero-order valence-corrected chi connectivity index (χ0v) is 15.9. The maximum atomic E-state index is 13.0. The number of carbonyl (C=O) groups is 1. The van der Waals surface area contributed by atoms with Crippen molar-refractivity contribution in [2.45, 2.75) is 45.5 Å². The Labute approximate surface area is 162 Å². The molecule has 1 N–H and O–H groups in total. The van der Waals surface area contributed by atoms with Gasteiger partial charge in [-0.1, -0.05) is 19.1 Å². The van der Waals surface area contributed by atoms with Gasteiger partial charge in [-0.25, -0.2) is 0 Å². The predicted molar refractivity (Wildman–Crippen MR) is 106 cm³/mol. The van der Waals surface area contributed by atoms with E-state index in [0.717, 1.165) is 24.2 Å². The normalized spacial score (nSPS) is 15.3. The van der Waals surface area contributed by atoms with Crippen LogP contribution in [0.5, 0.6) is 0 Å². The molecule has 2 aromatic heterocycles. The molecule has 146 valence electrons. The fourth-order valence-corrected chi connectivity index (χ4v) is 3.71. The highest BCUT2D eigenvalue weighted by molar-refractivity contribution is 5.82. The van der Waals surface area contributed by atoms with Gasteiger partial charge in [-0.2, -0.15) is 5.10 Å². The van der Waals surface area contributed by atoms with Gasteiger partial charge in [0.15, 0.2) is 5.43 Å². The Morgan fingerprint density at radius 3 is 2.89 bits per heavy atom. The molecule has 0 unspecified atom stereocenters. The van der Waals surface area contributed by atoms with Gasteiger partial charge in [0.1, 0.15) is 6.54 Å².